The SMILES string of the molecule is CCC(=O)CNC1Cc2ccccc2C1. The molecule has 0 heterocycles. The van der Waals surface area contributed by atoms with Crippen molar-refractivity contribution < 1.29 is 4.79 Å². The van der Waals surface area contributed by atoms with Crippen molar-refractivity contribution in [2.75, 3.05) is 6.54 Å². The monoisotopic (exact) mass is 203 g/mol. The van der Waals surface area contributed by atoms with E-state index in [4.69, 9.17) is 0 Å². The molecule has 2 heteroatoms. The average Bonchev–Trinajstić information content (AvgIpc) is 2.68. The van der Waals surface area contributed by atoms with Gasteiger partial charge in [0.2, 0.25) is 0 Å². The number of Topliss-reactive ketones (excluding diaryl/α,β-unsaturated/α-hetero) is 1. The van der Waals surface area contributed by atoms with Crippen LogP contribution in [0.25, 0.3) is 0 Å². The predicted molar refractivity (Wildman–Crippen MR) is 60.9 cm³/mol. The van der Waals surface area contributed by atoms with Crippen molar-refractivity contribution in [2.24, 2.45) is 0 Å². The molecule has 1 aromatic carbocycles. The zero-order valence-corrected chi connectivity index (χ0v) is 9.12. The zero-order chi connectivity index (χ0) is 10.7. The summed E-state index contributed by atoms with van der Waals surface area (Å²) in [4.78, 5) is 11.2. The van der Waals surface area contributed by atoms with Crippen molar-refractivity contribution in [1.82, 2.24) is 5.32 Å². The normalized spacial score (nSPS) is 15.3. The fraction of sp³-hybridized carbons (Fsp3) is 0.462. The molecule has 1 aromatic rings. The third kappa shape index (κ3) is 2.45. The van der Waals surface area contributed by atoms with Gasteiger partial charge in [-0.25, -0.2) is 0 Å². The first kappa shape index (κ1) is 10.4. The lowest BCUT2D eigenvalue weighted by molar-refractivity contribution is -0.118. The van der Waals surface area contributed by atoms with Crippen LogP contribution in [0.2, 0.25) is 0 Å². The first-order chi connectivity index (χ1) is 7.29. The molecule has 0 spiro atoms. The molecule has 0 aromatic heterocycles. The number of carbonyl (C=O) groups is 1. The average molecular weight is 203 g/mol. The molecule has 0 saturated carbocycles. The van der Waals surface area contributed by atoms with Crippen LogP contribution in [0, 0.1) is 0 Å². The Morgan fingerprint density at radius 3 is 2.47 bits per heavy atom. The number of hydrogen-bond acceptors (Lipinski definition) is 2. The fourth-order valence-corrected chi connectivity index (χ4v) is 2.09. The quantitative estimate of drug-likeness (QED) is 0.807. The van der Waals surface area contributed by atoms with Gasteiger partial charge >= 0.3 is 0 Å². The molecule has 0 saturated heterocycles. The van der Waals surface area contributed by atoms with E-state index < -0.39 is 0 Å². The molecule has 0 bridgehead atoms. The molecule has 0 aliphatic heterocycles. The van der Waals surface area contributed by atoms with Gasteiger partial charge in [-0.2, -0.15) is 0 Å². The van der Waals surface area contributed by atoms with Crippen molar-refractivity contribution in [3.8, 4) is 0 Å². The number of benzene rings is 1. The standard InChI is InChI=1S/C13H17NO/c1-2-13(15)9-14-12-7-10-5-3-4-6-11(10)8-12/h3-6,12,14H,2,7-9H2,1H3. The first-order valence-electron chi connectivity index (χ1n) is 5.61. The summed E-state index contributed by atoms with van der Waals surface area (Å²) >= 11 is 0. The van der Waals surface area contributed by atoms with Crippen LogP contribution in [0.5, 0.6) is 0 Å². The summed E-state index contributed by atoms with van der Waals surface area (Å²) in [5.74, 6) is 0.297. The molecule has 0 radical (unpaired) electrons. The van der Waals surface area contributed by atoms with Crippen LogP contribution < -0.4 is 5.32 Å². The Bertz CT molecular complexity index is 334. The number of hydrogen-bond donors (Lipinski definition) is 1. The Hall–Kier alpha value is -1.15. The third-order valence-electron chi connectivity index (χ3n) is 3.03. The lowest BCUT2D eigenvalue weighted by Gasteiger charge is -2.10. The largest absolute Gasteiger partial charge is 0.307 e. The second-order valence-corrected chi connectivity index (χ2v) is 4.15. The van der Waals surface area contributed by atoms with Gasteiger partial charge in [-0.1, -0.05) is 31.2 Å². The highest BCUT2D eigenvalue weighted by Crippen LogP contribution is 2.21. The van der Waals surface area contributed by atoms with Crippen LogP contribution in [0.15, 0.2) is 24.3 Å². The minimum atomic E-state index is 0.297. The van der Waals surface area contributed by atoms with Gasteiger partial charge in [0.1, 0.15) is 5.78 Å². The summed E-state index contributed by atoms with van der Waals surface area (Å²) in [7, 11) is 0. The Balaban J connectivity index is 1.88. The van der Waals surface area contributed by atoms with Gasteiger partial charge in [-0.3, -0.25) is 4.79 Å². The zero-order valence-electron chi connectivity index (χ0n) is 9.12. The summed E-state index contributed by atoms with van der Waals surface area (Å²) in [5, 5.41) is 3.33. The minimum absolute atomic E-state index is 0.297. The molecule has 15 heavy (non-hydrogen) atoms. The van der Waals surface area contributed by atoms with E-state index in [-0.39, 0.29) is 0 Å². The molecule has 1 aliphatic carbocycles. The maximum atomic E-state index is 11.2. The molecule has 2 nitrogen and oxygen atoms in total. The van der Waals surface area contributed by atoms with Gasteiger partial charge in [0.05, 0.1) is 6.54 Å². The molecule has 1 N–H and O–H groups in total. The van der Waals surface area contributed by atoms with Gasteiger partial charge in [-0.15, -0.1) is 0 Å². The fourth-order valence-electron chi connectivity index (χ4n) is 2.09. The van der Waals surface area contributed by atoms with Crippen LogP contribution in [-0.4, -0.2) is 18.4 Å². The number of rotatable bonds is 4. The van der Waals surface area contributed by atoms with E-state index in [0.29, 0.717) is 24.8 Å². The van der Waals surface area contributed by atoms with Crippen LogP contribution >= 0.6 is 0 Å². The molecular weight excluding hydrogens is 186 g/mol. The summed E-state index contributed by atoms with van der Waals surface area (Å²) in [6.45, 7) is 2.43. The minimum Gasteiger partial charge on any atom is -0.307 e. The third-order valence-corrected chi connectivity index (χ3v) is 3.03. The maximum absolute atomic E-state index is 11.2. The number of ketones is 1. The van der Waals surface area contributed by atoms with Crippen molar-refractivity contribution in [3.63, 3.8) is 0 Å². The van der Waals surface area contributed by atoms with Gasteiger partial charge in [0, 0.05) is 12.5 Å². The van der Waals surface area contributed by atoms with E-state index in [1.54, 1.807) is 0 Å². The maximum Gasteiger partial charge on any atom is 0.146 e. The molecule has 0 atom stereocenters. The summed E-state index contributed by atoms with van der Waals surface area (Å²) in [6.07, 6.45) is 2.76. The lowest BCUT2D eigenvalue weighted by atomic mass is 10.1. The summed E-state index contributed by atoms with van der Waals surface area (Å²) < 4.78 is 0. The molecule has 2 rings (SSSR count). The summed E-state index contributed by atoms with van der Waals surface area (Å²) in [6, 6.07) is 8.98. The van der Waals surface area contributed by atoms with Crippen LogP contribution in [0.3, 0.4) is 0 Å². The molecule has 0 unspecified atom stereocenters. The van der Waals surface area contributed by atoms with Crippen molar-refractivity contribution in [2.45, 2.75) is 32.2 Å². The highest BCUT2D eigenvalue weighted by atomic mass is 16.1. The van der Waals surface area contributed by atoms with Gasteiger partial charge in [0.25, 0.3) is 0 Å². The first-order valence-corrected chi connectivity index (χ1v) is 5.61. The van der Waals surface area contributed by atoms with Crippen molar-refractivity contribution in [3.05, 3.63) is 35.4 Å². The van der Waals surface area contributed by atoms with Crippen LogP contribution in [-0.2, 0) is 17.6 Å². The molecule has 80 valence electrons. The Labute approximate surface area is 90.7 Å². The van der Waals surface area contributed by atoms with Crippen LogP contribution in [0.1, 0.15) is 24.5 Å². The van der Waals surface area contributed by atoms with Crippen molar-refractivity contribution in [1.29, 1.82) is 0 Å². The summed E-state index contributed by atoms with van der Waals surface area (Å²) in [5.41, 5.74) is 2.86. The second kappa shape index (κ2) is 4.58. The molecule has 1 aliphatic rings. The second-order valence-electron chi connectivity index (χ2n) is 4.15. The van der Waals surface area contributed by atoms with E-state index in [1.807, 2.05) is 6.92 Å². The Morgan fingerprint density at radius 1 is 1.33 bits per heavy atom. The van der Waals surface area contributed by atoms with E-state index >= 15 is 0 Å². The molecule has 0 fully saturated rings. The molecular formula is C13H17NO. The van der Waals surface area contributed by atoms with E-state index in [2.05, 4.69) is 29.6 Å². The topological polar surface area (TPSA) is 29.1 Å². The highest BCUT2D eigenvalue weighted by Gasteiger charge is 2.20. The van der Waals surface area contributed by atoms with Crippen molar-refractivity contribution >= 4 is 5.78 Å². The number of nitrogens with one attached hydrogen (secondary N) is 1. The predicted octanol–water partition coefficient (Wildman–Crippen LogP) is 1.72. The number of carbonyl (C=O) groups excluding carboxylic acids is 1. The Kier molecular flexibility index (Phi) is 3.17. The smallest absolute Gasteiger partial charge is 0.146 e. The van der Waals surface area contributed by atoms with Gasteiger partial charge < -0.3 is 5.32 Å². The Morgan fingerprint density at radius 2 is 1.93 bits per heavy atom. The van der Waals surface area contributed by atoms with E-state index in [0.717, 1.165) is 12.8 Å². The lowest BCUT2D eigenvalue weighted by Crippen LogP contribution is -2.33. The highest BCUT2D eigenvalue weighted by molar-refractivity contribution is 5.80. The van der Waals surface area contributed by atoms with Gasteiger partial charge in [0.15, 0.2) is 0 Å². The van der Waals surface area contributed by atoms with E-state index in [1.165, 1.54) is 11.1 Å². The van der Waals surface area contributed by atoms with Crippen LogP contribution in [0.4, 0.5) is 0 Å². The number of fused-ring (bicyclic) bond motifs is 1. The van der Waals surface area contributed by atoms with E-state index in [9.17, 15) is 4.79 Å². The molecule has 0 amide bonds. The van der Waals surface area contributed by atoms with Gasteiger partial charge in [-0.05, 0) is 24.0 Å².